The number of ether oxygens (including phenoxy) is 2. The Morgan fingerprint density at radius 3 is 3.00 bits per heavy atom. The molecule has 0 spiro atoms. The van der Waals surface area contributed by atoms with Gasteiger partial charge in [-0.15, -0.1) is 0 Å². The fourth-order valence-corrected chi connectivity index (χ4v) is 2.22. The Morgan fingerprint density at radius 1 is 1.33 bits per heavy atom. The van der Waals surface area contributed by atoms with Gasteiger partial charge in [-0.2, -0.15) is 0 Å². The molecule has 1 aliphatic rings. The first-order chi connectivity index (χ1) is 10.1. The monoisotopic (exact) mass is 286 g/mol. The van der Waals surface area contributed by atoms with Crippen LogP contribution in [0.25, 0.3) is 0 Å². The van der Waals surface area contributed by atoms with Crippen LogP contribution < -0.4 is 20.3 Å². The molecule has 1 aliphatic heterocycles. The lowest BCUT2D eigenvalue weighted by Gasteiger charge is -2.08. The van der Waals surface area contributed by atoms with Crippen LogP contribution in [0, 0.1) is 6.92 Å². The van der Waals surface area contributed by atoms with E-state index in [1.165, 1.54) is 6.07 Å². The number of aromatic nitrogens is 1. The summed E-state index contributed by atoms with van der Waals surface area (Å²) in [5.41, 5.74) is 1.52. The fourth-order valence-electron chi connectivity index (χ4n) is 2.22. The number of nitrogens with one attached hydrogen (secondary N) is 2. The van der Waals surface area contributed by atoms with Gasteiger partial charge in [-0.1, -0.05) is 12.1 Å². The van der Waals surface area contributed by atoms with Gasteiger partial charge in [0.05, 0.1) is 0 Å². The number of aromatic amines is 1. The highest BCUT2D eigenvalue weighted by atomic mass is 16.7. The molecule has 0 saturated heterocycles. The molecule has 1 aromatic carbocycles. The number of hydrogen-bond donors (Lipinski definition) is 2. The summed E-state index contributed by atoms with van der Waals surface area (Å²) in [6, 6.07) is 8.42. The Labute approximate surface area is 120 Å². The quantitative estimate of drug-likeness (QED) is 0.892. The zero-order valence-corrected chi connectivity index (χ0v) is 11.4. The number of hydrogen-bond acceptors (Lipinski definition) is 4. The predicted octanol–water partition coefficient (Wildman–Crippen LogP) is 1.34. The first kappa shape index (κ1) is 13.2. The van der Waals surface area contributed by atoms with E-state index < -0.39 is 0 Å². The summed E-state index contributed by atoms with van der Waals surface area (Å²) < 4.78 is 10.7. The third kappa shape index (κ3) is 2.74. The van der Waals surface area contributed by atoms with Crippen molar-refractivity contribution < 1.29 is 14.3 Å². The maximum absolute atomic E-state index is 12.1. The van der Waals surface area contributed by atoms with E-state index >= 15 is 0 Å². The molecule has 1 amide bonds. The molecule has 3 rings (SSSR count). The van der Waals surface area contributed by atoms with Crippen molar-refractivity contribution in [2.24, 2.45) is 0 Å². The van der Waals surface area contributed by atoms with Crippen molar-refractivity contribution in [1.29, 1.82) is 0 Å². The molecule has 2 heterocycles. The van der Waals surface area contributed by atoms with Crippen LogP contribution in [0.4, 0.5) is 0 Å². The zero-order valence-electron chi connectivity index (χ0n) is 11.4. The zero-order chi connectivity index (χ0) is 14.8. The molecule has 0 fully saturated rings. The van der Waals surface area contributed by atoms with Gasteiger partial charge in [-0.25, -0.2) is 0 Å². The highest BCUT2D eigenvalue weighted by Crippen LogP contribution is 2.35. The summed E-state index contributed by atoms with van der Waals surface area (Å²) in [5.74, 6) is 1.02. The van der Waals surface area contributed by atoms with Crippen LogP contribution in [0.3, 0.4) is 0 Å². The van der Waals surface area contributed by atoms with Crippen molar-refractivity contribution >= 4 is 5.91 Å². The highest BCUT2D eigenvalue weighted by molar-refractivity contribution is 5.94. The third-order valence-corrected chi connectivity index (χ3v) is 3.16. The molecule has 0 unspecified atom stereocenters. The molecular weight excluding hydrogens is 272 g/mol. The Kier molecular flexibility index (Phi) is 3.35. The van der Waals surface area contributed by atoms with Gasteiger partial charge in [0.2, 0.25) is 12.4 Å². The molecule has 6 nitrogen and oxygen atoms in total. The van der Waals surface area contributed by atoms with Crippen LogP contribution in [-0.2, 0) is 6.54 Å². The van der Waals surface area contributed by atoms with Crippen molar-refractivity contribution in [2.75, 3.05) is 6.79 Å². The highest BCUT2D eigenvalue weighted by Gasteiger charge is 2.17. The number of pyridine rings is 1. The number of benzene rings is 1. The van der Waals surface area contributed by atoms with E-state index in [0.717, 1.165) is 5.56 Å². The lowest BCUT2D eigenvalue weighted by atomic mass is 10.1. The van der Waals surface area contributed by atoms with Gasteiger partial charge in [0.15, 0.2) is 11.5 Å². The van der Waals surface area contributed by atoms with Crippen LogP contribution in [0.1, 0.15) is 21.6 Å². The standard InChI is InChI=1S/C15H14N2O4/c1-9-5-11(6-13(18)17-9)15(19)16-7-10-3-2-4-12-14(10)21-8-20-12/h2-6H,7-8H2,1H3,(H,16,19)(H,17,18). The van der Waals surface area contributed by atoms with Gasteiger partial charge >= 0.3 is 0 Å². The molecule has 21 heavy (non-hydrogen) atoms. The molecule has 108 valence electrons. The second kappa shape index (κ2) is 5.32. The minimum atomic E-state index is -0.305. The van der Waals surface area contributed by atoms with E-state index in [4.69, 9.17) is 9.47 Å². The smallest absolute Gasteiger partial charge is 0.251 e. The van der Waals surface area contributed by atoms with Gasteiger partial charge < -0.3 is 19.8 Å². The van der Waals surface area contributed by atoms with Gasteiger partial charge in [-0.3, -0.25) is 9.59 Å². The van der Waals surface area contributed by atoms with Crippen LogP contribution in [0.5, 0.6) is 11.5 Å². The molecule has 0 radical (unpaired) electrons. The molecule has 0 saturated carbocycles. The Balaban J connectivity index is 1.75. The van der Waals surface area contributed by atoms with Crippen LogP contribution >= 0.6 is 0 Å². The van der Waals surface area contributed by atoms with Crippen LogP contribution in [0.2, 0.25) is 0 Å². The van der Waals surface area contributed by atoms with E-state index in [0.29, 0.717) is 29.3 Å². The van der Waals surface area contributed by atoms with Gasteiger partial charge in [0, 0.05) is 29.4 Å². The van der Waals surface area contributed by atoms with E-state index in [2.05, 4.69) is 10.3 Å². The minimum absolute atomic E-state index is 0.188. The van der Waals surface area contributed by atoms with Crippen LogP contribution in [-0.4, -0.2) is 17.7 Å². The Bertz CT molecular complexity index is 752. The fraction of sp³-hybridized carbons (Fsp3) is 0.200. The molecule has 0 atom stereocenters. The molecule has 1 aromatic heterocycles. The van der Waals surface area contributed by atoms with Crippen molar-refractivity contribution in [2.45, 2.75) is 13.5 Å². The van der Waals surface area contributed by atoms with Gasteiger partial charge in [-0.05, 0) is 19.1 Å². The number of H-pyrrole nitrogens is 1. The van der Waals surface area contributed by atoms with E-state index in [1.54, 1.807) is 13.0 Å². The molecular formula is C15H14N2O4. The first-order valence-electron chi connectivity index (χ1n) is 6.50. The number of carbonyl (C=O) groups excluding carboxylic acids is 1. The lowest BCUT2D eigenvalue weighted by Crippen LogP contribution is -2.24. The average molecular weight is 286 g/mol. The summed E-state index contributed by atoms with van der Waals surface area (Å²) in [4.78, 5) is 26.1. The summed E-state index contributed by atoms with van der Waals surface area (Å²) in [7, 11) is 0. The van der Waals surface area contributed by atoms with E-state index in [-0.39, 0.29) is 18.3 Å². The van der Waals surface area contributed by atoms with E-state index in [1.807, 2.05) is 18.2 Å². The Morgan fingerprint density at radius 2 is 2.19 bits per heavy atom. The van der Waals surface area contributed by atoms with Crippen molar-refractivity contribution in [3.8, 4) is 11.5 Å². The largest absolute Gasteiger partial charge is 0.454 e. The molecule has 0 aliphatic carbocycles. The number of fused-ring (bicyclic) bond motifs is 1. The number of carbonyl (C=O) groups is 1. The van der Waals surface area contributed by atoms with E-state index in [9.17, 15) is 9.59 Å². The maximum atomic E-state index is 12.1. The minimum Gasteiger partial charge on any atom is -0.454 e. The summed E-state index contributed by atoms with van der Waals surface area (Å²) in [6.07, 6.45) is 0. The third-order valence-electron chi connectivity index (χ3n) is 3.16. The number of aryl methyl sites for hydroxylation is 1. The second-order valence-electron chi connectivity index (χ2n) is 4.75. The molecule has 6 heteroatoms. The van der Waals surface area contributed by atoms with Gasteiger partial charge in [0.25, 0.3) is 5.91 Å². The van der Waals surface area contributed by atoms with Crippen molar-refractivity contribution in [3.05, 3.63) is 57.5 Å². The topological polar surface area (TPSA) is 80.4 Å². The van der Waals surface area contributed by atoms with Crippen molar-refractivity contribution in [3.63, 3.8) is 0 Å². The SMILES string of the molecule is Cc1cc(C(=O)NCc2cccc3c2OCO3)cc(=O)[nH]1. The predicted molar refractivity (Wildman–Crippen MR) is 75.5 cm³/mol. The molecule has 0 bridgehead atoms. The second-order valence-corrected chi connectivity index (χ2v) is 4.75. The first-order valence-corrected chi connectivity index (χ1v) is 6.50. The maximum Gasteiger partial charge on any atom is 0.251 e. The lowest BCUT2D eigenvalue weighted by molar-refractivity contribution is 0.0950. The number of rotatable bonds is 3. The average Bonchev–Trinajstić information content (AvgIpc) is 2.92. The summed E-state index contributed by atoms with van der Waals surface area (Å²) >= 11 is 0. The summed E-state index contributed by atoms with van der Waals surface area (Å²) in [6.45, 7) is 2.22. The summed E-state index contributed by atoms with van der Waals surface area (Å²) in [5, 5.41) is 2.77. The van der Waals surface area contributed by atoms with Crippen molar-refractivity contribution in [1.82, 2.24) is 10.3 Å². The number of para-hydroxylation sites is 1. The number of amides is 1. The Hall–Kier alpha value is -2.76. The van der Waals surface area contributed by atoms with Gasteiger partial charge in [0.1, 0.15) is 0 Å². The molecule has 2 aromatic rings. The van der Waals surface area contributed by atoms with Crippen LogP contribution in [0.15, 0.2) is 35.1 Å². The molecule has 2 N–H and O–H groups in total. The normalized spacial score (nSPS) is 12.2.